The number of carbonyl (C=O) groups excluding carboxylic acids is 2. The van der Waals surface area contributed by atoms with Crippen LogP contribution in [-0.4, -0.2) is 30.0 Å². The van der Waals surface area contributed by atoms with E-state index in [9.17, 15) is 14.4 Å². The molecule has 0 amide bonds. The van der Waals surface area contributed by atoms with Crippen LogP contribution in [0.3, 0.4) is 0 Å². The molecule has 1 aromatic heterocycles. The van der Waals surface area contributed by atoms with Gasteiger partial charge in [0.25, 0.3) is 0 Å². The van der Waals surface area contributed by atoms with Crippen LogP contribution < -0.4 is 10.2 Å². The van der Waals surface area contributed by atoms with Gasteiger partial charge in [-0.2, -0.15) is 0 Å². The Labute approximate surface area is 146 Å². The van der Waals surface area contributed by atoms with Crippen LogP contribution >= 0.6 is 0 Å². The summed E-state index contributed by atoms with van der Waals surface area (Å²) in [6, 6.07) is 5.13. The molecule has 25 heavy (non-hydrogen) atoms. The molecule has 0 fully saturated rings. The van der Waals surface area contributed by atoms with E-state index in [1.165, 1.54) is 6.20 Å². The molecular weight excluding hydrogens is 322 g/mol. The Hall–Kier alpha value is -2.63. The molecule has 0 atom stereocenters. The van der Waals surface area contributed by atoms with Crippen molar-refractivity contribution in [2.75, 3.05) is 13.2 Å². The van der Waals surface area contributed by atoms with Crippen molar-refractivity contribution < 1.29 is 19.1 Å². The Kier molecular flexibility index (Phi) is 6.74. The lowest BCUT2D eigenvalue weighted by Gasteiger charge is -2.10. The van der Waals surface area contributed by atoms with Gasteiger partial charge >= 0.3 is 5.97 Å². The number of carbonyl (C=O) groups is 2. The maximum Gasteiger partial charge on any atom is 0.305 e. The molecule has 0 aliphatic carbocycles. The number of nitrogens with one attached hydrogen (secondary N) is 1. The third-order valence-electron chi connectivity index (χ3n) is 3.74. The van der Waals surface area contributed by atoms with E-state index >= 15 is 0 Å². The van der Waals surface area contributed by atoms with E-state index in [1.807, 2.05) is 6.92 Å². The van der Waals surface area contributed by atoms with Crippen LogP contribution in [0.25, 0.3) is 10.9 Å². The average Bonchev–Trinajstić information content (AvgIpc) is 2.60. The van der Waals surface area contributed by atoms with E-state index in [4.69, 9.17) is 9.47 Å². The number of fused-ring (bicyclic) bond motifs is 1. The molecule has 1 heterocycles. The number of ketones is 1. The molecule has 2 aromatic rings. The second kappa shape index (κ2) is 9.01. The number of H-pyrrole nitrogens is 1. The SMILES string of the molecule is CCCC(=O)c1c[nH]c2c(OCCCC(=O)OCC)cccc2c1=O. The number of esters is 1. The molecule has 2 rings (SSSR count). The van der Waals surface area contributed by atoms with Crippen LogP contribution in [0.2, 0.25) is 0 Å². The maximum absolute atomic E-state index is 12.5. The van der Waals surface area contributed by atoms with Crippen molar-refractivity contribution >= 4 is 22.7 Å². The molecule has 0 bridgehead atoms. The Bertz CT molecular complexity index is 809. The zero-order chi connectivity index (χ0) is 18.2. The number of para-hydroxylation sites is 1. The van der Waals surface area contributed by atoms with Crippen LogP contribution in [0.5, 0.6) is 5.75 Å². The Balaban J connectivity index is 2.14. The minimum absolute atomic E-state index is 0.161. The molecule has 6 nitrogen and oxygen atoms in total. The second-order valence-electron chi connectivity index (χ2n) is 5.64. The summed E-state index contributed by atoms with van der Waals surface area (Å²) in [6.45, 7) is 4.36. The molecule has 0 aliphatic rings. The van der Waals surface area contributed by atoms with Crippen molar-refractivity contribution in [1.29, 1.82) is 0 Å². The number of Topliss-reactive ketones (excluding diaryl/α,β-unsaturated/α-hetero) is 1. The largest absolute Gasteiger partial charge is 0.491 e. The normalized spacial score (nSPS) is 10.6. The van der Waals surface area contributed by atoms with Crippen molar-refractivity contribution in [3.8, 4) is 5.75 Å². The fraction of sp³-hybridized carbons (Fsp3) is 0.421. The highest BCUT2D eigenvalue weighted by molar-refractivity contribution is 5.99. The summed E-state index contributed by atoms with van der Waals surface area (Å²) in [5, 5.41) is 0.421. The minimum Gasteiger partial charge on any atom is -0.491 e. The van der Waals surface area contributed by atoms with Crippen LogP contribution in [0.15, 0.2) is 29.2 Å². The van der Waals surface area contributed by atoms with E-state index in [0.29, 0.717) is 49.1 Å². The van der Waals surface area contributed by atoms with Gasteiger partial charge in [-0.25, -0.2) is 0 Å². The van der Waals surface area contributed by atoms with Gasteiger partial charge in [0.15, 0.2) is 11.2 Å². The van der Waals surface area contributed by atoms with Crippen molar-refractivity contribution in [3.63, 3.8) is 0 Å². The lowest BCUT2D eigenvalue weighted by Crippen LogP contribution is -2.16. The lowest BCUT2D eigenvalue weighted by molar-refractivity contribution is -0.143. The zero-order valence-electron chi connectivity index (χ0n) is 14.6. The van der Waals surface area contributed by atoms with Crippen LogP contribution in [0.4, 0.5) is 0 Å². The van der Waals surface area contributed by atoms with E-state index in [2.05, 4.69) is 4.98 Å². The highest BCUT2D eigenvalue weighted by Crippen LogP contribution is 2.22. The van der Waals surface area contributed by atoms with Crippen molar-refractivity contribution in [2.24, 2.45) is 0 Å². The topological polar surface area (TPSA) is 85.5 Å². The molecule has 1 aromatic carbocycles. The number of pyridine rings is 1. The van der Waals surface area contributed by atoms with Gasteiger partial charge in [-0.3, -0.25) is 14.4 Å². The molecule has 0 saturated heterocycles. The van der Waals surface area contributed by atoms with Gasteiger partial charge in [-0.15, -0.1) is 0 Å². The van der Waals surface area contributed by atoms with Gasteiger partial charge in [-0.05, 0) is 31.9 Å². The Morgan fingerprint density at radius 1 is 1.16 bits per heavy atom. The van der Waals surface area contributed by atoms with Crippen LogP contribution in [0, 0.1) is 0 Å². The fourth-order valence-electron chi connectivity index (χ4n) is 2.55. The number of hydrogen-bond donors (Lipinski definition) is 1. The van der Waals surface area contributed by atoms with Crippen LogP contribution in [0.1, 0.15) is 49.9 Å². The molecule has 0 spiro atoms. The van der Waals surface area contributed by atoms with Gasteiger partial charge in [0, 0.05) is 19.0 Å². The fourth-order valence-corrected chi connectivity index (χ4v) is 2.55. The third-order valence-corrected chi connectivity index (χ3v) is 3.74. The van der Waals surface area contributed by atoms with E-state index in [-0.39, 0.29) is 29.2 Å². The first-order valence-electron chi connectivity index (χ1n) is 8.54. The predicted octanol–water partition coefficient (Wildman–Crippen LogP) is 3.23. The third kappa shape index (κ3) is 4.68. The number of hydrogen-bond acceptors (Lipinski definition) is 5. The first-order chi connectivity index (χ1) is 12.1. The van der Waals surface area contributed by atoms with Gasteiger partial charge in [0.1, 0.15) is 5.75 Å². The van der Waals surface area contributed by atoms with Crippen LogP contribution in [-0.2, 0) is 9.53 Å². The molecule has 0 saturated carbocycles. The summed E-state index contributed by atoms with van der Waals surface area (Å²) in [4.78, 5) is 38.9. The number of aromatic nitrogens is 1. The smallest absolute Gasteiger partial charge is 0.305 e. The number of benzene rings is 1. The number of ether oxygens (including phenoxy) is 2. The first kappa shape index (κ1) is 18.7. The first-order valence-corrected chi connectivity index (χ1v) is 8.54. The highest BCUT2D eigenvalue weighted by atomic mass is 16.5. The predicted molar refractivity (Wildman–Crippen MR) is 95.2 cm³/mol. The van der Waals surface area contributed by atoms with E-state index < -0.39 is 0 Å². The van der Waals surface area contributed by atoms with E-state index in [0.717, 1.165) is 0 Å². The highest BCUT2D eigenvalue weighted by Gasteiger charge is 2.14. The van der Waals surface area contributed by atoms with E-state index in [1.54, 1.807) is 25.1 Å². The van der Waals surface area contributed by atoms with Gasteiger partial charge in [0.05, 0.1) is 29.7 Å². The number of rotatable bonds is 9. The average molecular weight is 345 g/mol. The van der Waals surface area contributed by atoms with Crippen molar-refractivity contribution in [2.45, 2.75) is 39.5 Å². The molecule has 0 aliphatic heterocycles. The molecule has 6 heteroatoms. The van der Waals surface area contributed by atoms with Crippen molar-refractivity contribution in [1.82, 2.24) is 4.98 Å². The summed E-state index contributed by atoms with van der Waals surface area (Å²) in [7, 11) is 0. The summed E-state index contributed by atoms with van der Waals surface area (Å²) < 4.78 is 10.5. The molecule has 0 unspecified atom stereocenters. The summed E-state index contributed by atoms with van der Waals surface area (Å²) in [5.41, 5.74) is 0.440. The van der Waals surface area contributed by atoms with Gasteiger partial charge in [-0.1, -0.05) is 13.0 Å². The Morgan fingerprint density at radius 3 is 2.68 bits per heavy atom. The quantitative estimate of drug-likeness (QED) is 0.428. The monoisotopic (exact) mass is 345 g/mol. The lowest BCUT2D eigenvalue weighted by atomic mass is 10.1. The minimum atomic E-state index is -0.288. The summed E-state index contributed by atoms with van der Waals surface area (Å²) >= 11 is 0. The van der Waals surface area contributed by atoms with Crippen molar-refractivity contribution in [3.05, 3.63) is 40.2 Å². The van der Waals surface area contributed by atoms with Gasteiger partial charge < -0.3 is 14.5 Å². The summed E-state index contributed by atoms with van der Waals surface area (Å²) in [6.07, 6.45) is 3.30. The zero-order valence-corrected chi connectivity index (χ0v) is 14.6. The summed E-state index contributed by atoms with van der Waals surface area (Å²) in [5.74, 6) is 0.107. The molecule has 134 valence electrons. The standard InChI is InChI=1S/C19H23NO5/c1-3-7-15(21)14-12-20-18-13(19(14)23)8-5-9-16(18)25-11-6-10-17(22)24-4-2/h5,8-9,12H,3-4,6-7,10-11H2,1-2H3,(H,20,23). The molecule has 0 radical (unpaired) electrons. The molecular formula is C19H23NO5. The van der Waals surface area contributed by atoms with Gasteiger partial charge in [0.2, 0.25) is 0 Å². The molecule has 1 N–H and O–H groups in total. The second-order valence-corrected chi connectivity index (χ2v) is 5.64. The maximum atomic E-state index is 12.5. The number of aromatic amines is 1. The Morgan fingerprint density at radius 2 is 1.96 bits per heavy atom.